The Morgan fingerprint density at radius 2 is 1.92 bits per heavy atom. The van der Waals surface area contributed by atoms with E-state index in [2.05, 4.69) is 26.8 Å². The molecule has 0 aliphatic heterocycles. The van der Waals surface area contributed by atoms with Crippen LogP contribution >= 0.6 is 27.5 Å². The number of nitrogens with one attached hydrogen (secondary N) is 2. The summed E-state index contributed by atoms with van der Waals surface area (Å²) in [6, 6.07) is 12.2. The summed E-state index contributed by atoms with van der Waals surface area (Å²) < 4.78 is 11.2. The molecule has 0 bridgehead atoms. The molecule has 136 valence electrons. The van der Waals surface area contributed by atoms with E-state index in [1.165, 1.54) is 6.08 Å². The van der Waals surface area contributed by atoms with Crippen LogP contribution in [0.4, 0.5) is 0 Å². The topological polar surface area (TPSA) is 76.7 Å². The van der Waals surface area contributed by atoms with Crippen molar-refractivity contribution in [2.75, 3.05) is 13.7 Å². The maximum absolute atomic E-state index is 11.8. The molecule has 0 fully saturated rings. The van der Waals surface area contributed by atoms with E-state index in [-0.39, 0.29) is 6.61 Å². The molecule has 2 aromatic carbocycles. The molecule has 0 radical (unpaired) electrons. The first-order valence-electron chi connectivity index (χ1n) is 7.47. The molecule has 0 saturated carbocycles. The molecule has 0 atom stereocenters. The van der Waals surface area contributed by atoms with Crippen molar-refractivity contribution in [2.24, 2.45) is 0 Å². The lowest BCUT2D eigenvalue weighted by Gasteiger charge is -2.09. The second-order valence-electron chi connectivity index (χ2n) is 4.98. The van der Waals surface area contributed by atoms with Gasteiger partial charge in [-0.15, -0.1) is 0 Å². The van der Waals surface area contributed by atoms with E-state index < -0.39 is 11.8 Å². The van der Waals surface area contributed by atoms with E-state index in [4.69, 9.17) is 21.1 Å². The van der Waals surface area contributed by atoms with Gasteiger partial charge in [0.05, 0.1) is 11.6 Å². The zero-order valence-electron chi connectivity index (χ0n) is 13.8. The second kappa shape index (κ2) is 9.84. The smallest absolute Gasteiger partial charge is 0.276 e. The summed E-state index contributed by atoms with van der Waals surface area (Å²) in [6.07, 6.45) is 2.87. The van der Waals surface area contributed by atoms with Crippen LogP contribution in [0.5, 0.6) is 11.5 Å². The average molecular weight is 440 g/mol. The van der Waals surface area contributed by atoms with Crippen molar-refractivity contribution in [1.82, 2.24) is 10.9 Å². The van der Waals surface area contributed by atoms with E-state index in [1.807, 2.05) is 12.1 Å². The van der Waals surface area contributed by atoms with Crippen molar-refractivity contribution in [3.8, 4) is 11.5 Å². The van der Waals surface area contributed by atoms with Crippen LogP contribution in [0.15, 0.2) is 53.0 Å². The number of para-hydroxylation sites is 1. The number of carbonyl (C=O) groups excluding carboxylic acids is 2. The molecule has 0 aromatic heterocycles. The number of hydrogen-bond donors (Lipinski definition) is 2. The molecule has 8 heteroatoms. The van der Waals surface area contributed by atoms with Crippen molar-refractivity contribution in [3.63, 3.8) is 0 Å². The summed E-state index contributed by atoms with van der Waals surface area (Å²) in [7, 11) is 1.55. The minimum atomic E-state index is -0.508. The number of hydrazine groups is 1. The molecular weight excluding hydrogens is 424 g/mol. The zero-order valence-corrected chi connectivity index (χ0v) is 16.1. The predicted molar refractivity (Wildman–Crippen MR) is 103 cm³/mol. The zero-order chi connectivity index (χ0) is 18.9. The van der Waals surface area contributed by atoms with Crippen LogP contribution in [-0.2, 0) is 9.59 Å². The summed E-state index contributed by atoms with van der Waals surface area (Å²) in [5.74, 6) is 0.109. The second-order valence-corrected chi connectivity index (χ2v) is 6.27. The SMILES string of the molecule is COc1ccccc1/C=C/C(=O)NNC(=O)COc1ccc(Cl)cc1Br. The van der Waals surface area contributed by atoms with Crippen LogP contribution in [0.25, 0.3) is 6.08 Å². The molecule has 2 N–H and O–H groups in total. The molecule has 2 aromatic rings. The van der Waals surface area contributed by atoms with Crippen LogP contribution < -0.4 is 20.3 Å². The third-order valence-electron chi connectivity index (χ3n) is 3.13. The Morgan fingerprint density at radius 3 is 2.65 bits per heavy atom. The van der Waals surface area contributed by atoms with Crippen molar-refractivity contribution in [2.45, 2.75) is 0 Å². The van der Waals surface area contributed by atoms with Gasteiger partial charge in [0.15, 0.2) is 6.61 Å². The summed E-state index contributed by atoms with van der Waals surface area (Å²) in [4.78, 5) is 23.5. The van der Waals surface area contributed by atoms with Crippen LogP contribution in [0.2, 0.25) is 5.02 Å². The Balaban J connectivity index is 1.79. The fourth-order valence-corrected chi connectivity index (χ4v) is 2.71. The van der Waals surface area contributed by atoms with Gasteiger partial charge in [-0.3, -0.25) is 20.4 Å². The van der Waals surface area contributed by atoms with Gasteiger partial charge in [0.1, 0.15) is 11.5 Å². The van der Waals surface area contributed by atoms with Crippen molar-refractivity contribution >= 4 is 45.4 Å². The summed E-state index contributed by atoms with van der Waals surface area (Å²) in [5, 5.41) is 0.544. The van der Waals surface area contributed by atoms with E-state index in [9.17, 15) is 9.59 Å². The number of amides is 2. The summed E-state index contributed by atoms with van der Waals surface area (Å²) >= 11 is 9.11. The molecule has 2 rings (SSSR count). The summed E-state index contributed by atoms with van der Waals surface area (Å²) in [5.41, 5.74) is 5.28. The third-order valence-corrected chi connectivity index (χ3v) is 3.99. The Labute approximate surface area is 164 Å². The monoisotopic (exact) mass is 438 g/mol. The van der Waals surface area contributed by atoms with Crippen LogP contribution in [-0.4, -0.2) is 25.5 Å². The number of halogens is 2. The van der Waals surface area contributed by atoms with Gasteiger partial charge in [0.25, 0.3) is 11.8 Å². The Kier molecular flexibility index (Phi) is 7.50. The number of hydrogen-bond acceptors (Lipinski definition) is 4. The van der Waals surface area contributed by atoms with Gasteiger partial charge < -0.3 is 9.47 Å². The van der Waals surface area contributed by atoms with E-state index in [0.717, 1.165) is 5.56 Å². The largest absolute Gasteiger partial charge is 0.496 e. The lowest BCUT2D eigenvalue weighted by Crippen LogP contribution is -2.43. The highest BCUT2D eigenvalue weighted by Gasteiger charge is 2.07. The number of ether oxygens (including phenoxy) is 2. The van der Waals surface area contributed by atoms with Gasteiger partial charge in [0.2, 0.25) is 0 Å². The van der Waals surface area contributed by atoms with Crippen LogP contribution in [0.3, 0.4) is 0 Å². The predicted octanol–water partition coefficient (Wildman–Crippen LogP) is 3.35. The molecule has 0 aliphatic carbocycles. The standard InChI is InChI=1S/C18H16BrClN2O4/c1-25-15-5-3-2-4-12(15)6-9-17(23)21-22-18(24)11-26-16-8-7-13(20)10-14(16)19/h2-10H,11H2,1H3,(H,21,23)(H,22,24)/b9-6+. The minimum Gasteiger partial charge on any atom is -0.496 e. The van der Waals surface area contributed by atoms with E-state index >= 15 is 0 Å². The van der Waals surface area contributed by atoms with Gasteiger partial charge >= 0.3 is 0 Å². The Hall–Kier alpha value is -2.51. The highest BCUT2D eigenvalue weighted by molar-refractivity contribution is 9.10. The highest BCUT2D eigenvalue weighted by atomic mass is 79.9. The number of carbonyl (C=O) groups is 2. The van der Waals surface area contributed by atoms with Crippen LogP contribution in [0.1, 0.15) is 5.56 Å². The normalized spacial score (nSPS) is 10.4. The number of methoxy groups -OCH3 is 1. The number of benzene rings is 2. The van der Waals surface area contributed by atoms with Gasteiger partial charge in [-0.2, -0.15) is 0 Å². The lowest BCUT2D eigenvalue weighted by atomic mass is 10.2. The molecule has 0 aliphatic rings. The van der Waals surface area contributed by atoms with Gasteiger partial charge in [-0.1, -0.05) is 29.8 Å². The quantitative estimate of drug-likeness (QED) is 0.535. The van der Waals surface area contributed by atoms with Gasteiger partial charge in [0, 0.05) is 16.7 Å². The van der Waals surface area contributed by atoms with E-state index in [1.54, 1.807) is 43.5 Å². The fraction of sp³-hybridized carbons (Fsp3) is 0.111. The van der Waals surface area contributed by atoms with Crippen molar-refractivity contribution in [3.05, 3.63) is 63.6 Å². The molecule has 2 amide bonds. The minimum absolute atomic E-state index is 0.267. The maximum atomic E-state index is 11.8. The van der Waals surface area contributed by atoms with Gasteiger partial charge in [-0.05, 0) is 46.3 Å². The molecule has 0 saturated heterocycles. The average Bonchev–Trinajstić information content (AvgIpc) is 2.64. The molecular formula is C18H16BrClN2O4. The molecule has 6 nitrogen and oxygen atoms in total. The molecule has 0 spiro atoms. The Morgan fingerprint density at radius 1 is 1.15 bits per heavy atom. The number of rotatable bonds is 6. The summed E-state index contributed by atoms with van der Waals surface area (Å²) in [6.45, 7) is -0.267. The fourth-order valence-electron chi connectivity index (χ4n) is 1.91. The van der Waals surface area contributed by atoms with Gasteiger partial charge in [-0.25, -0.2) is 0 Å². The van der Waals surface area contributed by atoms with Crippen LogP contribution in [0, 0.1) is 0 Å². The highest BCUT2D eigenvalue weighted by Crippen LogP contribution is 2.27. The van der Waals surface area contributed by atoms with E-state index in [0.29, 0.717) is 21.0 Å². The third kappa shape index (κ3) is 6.09. The molecule has 0 heterocycles. The first-order chi connectivity index (χ1) is 12.5. The first kappa shape index (κ1) is 19.8. The lowest BCUT2D eigenvalue weighted by molar-refractivity contribution is -0.128. The van der Waals surface area contributed by atoms with Crippen molar-refractivity contribution in [1.29, 1.82) is 0 Å². The Bertz CT molecular complexity index is 827. The molecule has 0 unspecified atom stereocenters. The van der Waals surface area contributed by atoms with Crippen molar-refractivity contribution < 1.29 is 19.1 Å². The first-order valence-corrected chi connectivity index (χ1v) is 8.64. The molecule has 26 heavy (non-hydrogen) atoms. The maximum Gasteiger partial charge on any atom is 0.276 e.